The van der Waals surface area contributed by atoms with Crippen molar-refractivity contribution >= 4 is 0 Å². The molecule has 0 amide bonds. The molecule has 0 saturated carbocycles. The molecule has 1 aliphatic heterocycles. The Hall–Kier alpha value is -1.20. The lowest BCUT2D eigenvalue weighted by molar-refractivity contribution is 0.230. The minimum atomic E-state index is -0.0474. The van der Waals surface area contributed by atoms with Crippen molar-refractivity contribution in [3.8, 4) is 0 Å². The molecule has 2 rings (SSSR count). The maximum absolute atomic E-state index is 11.5. The normalized spacial score (nSPS) is 17.6. The Balaban J connectivity index is 2.11. The van der Waals surface area contributed by atoms with Crippen molar-refractivity contribution in [3.63, 3.8) is 0 Å². The fraction of sp³-hybridized carbons (Fsp3) is 0.667. The standard InChI is InChI=1S/C12H20N4O/c1-9(2)12-14-10(7-11(17)15-12)8-16-5-3-13-4-6-16/h7,9,13H,3-6,8H2,1-2H3,(H,14,15,17). The molecule has 0 unspecified atom stereocenters. The van der Waals surface area contributed by atoms with E-state index in [0.29, 0.717) is 0 Å². The Morgan fingerprint density at radius 1 is 1.41 bits per heavy atom. The zero-order valence-electron chi connectivity index (χ0n) is 10.5. The lowest BCUT2D eigenvalue weighted by Gasteiger charge is -2.26. The zero-order chi connectivity index (χ0) is 12.3. The van der Waals surface area contributed by atoms with Crippen LogP contribution in [0.2, 0.25) is 0 Å². The largest absolute Gasteiger partial charge is 0.314 e. The topological polar surface area (TPSA) is 61.0 Å². The van der Waals surface area contributed by atoms with Crippen molar-refractivity contribution in [1.82, 2.24) is 20.2 Å². The van der Waals surface area contributed by atoms with Crippen LogP contribution in [0.4, 0.5) is 0 Å². The van der Waals surface area contributed by atoms with Gasteiger partial charge in [0.1, 0.15) is 5.82 Å². The summed E-state index contributed by atoms with van der Waals surface area (Å²) < 4.78 is 0. The van der Waals surface area contributed by atoms with E-state index in [1.54, 1.807) is 6.07 Å². The molecule has 5 heteroatoms. The van der Waals surface area contributed by atoms with Gasteiger partial charge < -0.3 is 10.3 Å². The van der Waals surface area contributed by atoms with Crippen molar-refractivity contribution in [1.29, 1.82) is 0 Å². The molecule has 17 heavy (non-hydrogen) atoms. The number of nitrogens with one attached hydrogen (secondary N) is 2. The van der Waals surface area contributed by atoms with Crippen LogP contribution in [0.25, 0.3) is 0 Å². The first-order valence-corrected chi connectivity index (χ1v) is 6.18. The van der Waals surface area contributed by atoms with Gasteiger partial charge in [-0.15, -0.1) is 0 Å². The Bertz CT molecular complexity index is 421. The van der Waals surface area contributed by atoms with Gasteiger partial charge in [0.2, 0.25) is 0 Å². The Kier molecular flexibility index (Phi) is 3.91. The van der Waals surface area contributed by atoms with Crippen LogP contribution in [0.5, 0.6) is 0 Å². The Morgan fingerprint density at radius 3 is 2.76 bits per heavy atom. The van der Waals surface area contributed by atoms with Gasteiger partial charge in [-0.3, -0.25) is 9.69 Å². The number of hydrogen-bond donors (Lipinski definition) is 2. The van der Waals surface area contributed by atoms with Crippen molar-refractivity contribution in [2.24, 2.45) is 0 Å². The molecule has 0 aromatic carbocycles. The van der Waals surface area contributed by atoms with Crippen molar-refractivity contribution in [3.05, 3.63) is 27.9 Å². The first-order valence-electron chi connectivity index (χ1n) is 6.18. The zero-order valence-corrected chi connectivity index (χ0v) is 10.5. The fourth-order valence-corrected chi connectivity index (χ4v) is 1.98. The summed E-state index contributed by atoms with van der Waals surface area (Å²) in [5, 5.41) is 3.31. The molecule has 2 N–H and O–H groups in total. The fourth-order valence-electron chi connectivity index (χ4n) is 1.98. The number of rotatable bonds is 3. The second kappa shape index (κ2) is 5.42. The van der Waals surface area contributed by atoms with E-state index in [9.17, 15) is 4.79 Å². The summed E-state index contributed by atoms with van der Waals surface area (Å²) in [4.78, 5) is 21.1. The molecule has 1 aromatic rings. The van der Waals surface area contributed by atoms with E-state index in [1.165, 1.54) is 0 Å². The summed E-state index contributed by atoms with van der Waals surface area (Å²) in [5.74, 6) is 1.04. The molecular weight excluding hydrogens is 216 g/mol. The van der Waals surface area contributed by atoms with Crippen molar-refractivity contribution in [2.45, 2.75) is 26.3 Å². The summed E-state index contributed by atoms with van der Waals surface area (Å²) >= 11 is 0. The number of hydrogen-bond acceptors (Lipinski definition) is 4. The smallest absolute Gasteiger partial charge is 0.251 e. The maximum atomic E-state index is 11.5. The van der Waals surface area contributed by atoms with Gasteiger partial charge in [-0.2, -0.15) is 0 Å². The highest BCUT2D eigenvalue weighted by Gasteiger charge is 2.12. The van der Waals surface area contributed by atoms with Gasteiger partial charge in [0, 0.05) is 44.7 Å². The van der Waals surface area contributed by atoms with Crippen LogP contribution in [-0.2, 0) is 6.54 Å². The summed E-state index contributed by atoms with van der Waals surface area (Å²) in [5.41, 5.74) is 0.827. The van der Waals surface area contributed by atoms with Gasteiger partial charge in [0.25, 0.3) is 5.56 Å². The molecule has 0 atom stereocenters. The number of H-pyrrole nitrogens is 1. The molecular formula is C12H20N4O. The van der Waals surface area contributed by atoms with Crippen LogP contribution in [0.1, 0.15) is 31.3 Å². The average Bonchev–Trinajstić information content (AvgIpc) is 2.29. The molecule has 2 heterocycles. The van der Waals surface area contributed by atoms with Gasteiger partial charge in [0.05, 0.1) is 5.69 Å². The van der Waals surface area contributed by atoms with E-state index in [4.69, 9.17) is 0 Å². The third kappa shape index (κ3) is 3.38. The van der Waals surface area contributed by atoms with Crippen LogP contribution >= 0.6 is 0 Å². The predicted octanol–water partition coefficient (Wildman–Crippen LogP) is 0.298. The van der Waals surface area contributed by atoms with Crippen LogP contribution < -0.4 is 10.9 Å². The molecule has 0 aliphatic carbocycles. The highest BCUT2D eigenvalue weighted by Crippen LogP contribution is 2.08. The molecule has 94 valence electrons. The number of aromatic amines is 1. The molecule has 1 aliphatic rings. The van der Waals surface area contributed by atoms with Gasteiger partial charge in [-0.1, -0.05) is 13.8 Å². The molecule has 0 spiro atoms. The van der Waals surface area contributed by atoms with Gasteiger partial charge >= 0.3 is 0 Å². The highest BCUT2D eigenvalue weighted by atomic mass is 16.1. The molecule has 5 nitrogen and oxygen atoms in total. The monoisotopic (exact) mass is 236 g/mol. The minimum absolute atomic E-state index is 0.0474. The van der Waals surface area contributed by atoms with E-state index in [-0.39, 0.29) is 11.5 Å². The second-order valence-corrected chi connectivity index (χ2v) is 4.80. The van der Waals surface area contributed by atoms with Gasteiger partial charge in [-0.05, 0) is 0 Å². The van der Waals surface area contributed by atoms with E-state index >= 15 is 0 Å². The van der Waals surface area contributed by atoms with Crippen LogP contribution in [0.15, 0.2) is 10.9 Å². The summed E-state index contributed by atoms with van der Waals surface area (Å²) in [6.45, 7) is 8.91. The van der Waals surface area contributed by atoms with E-state index < -0.39 is 0 Å². The van der Waals surface area contributed by atoms with E-state index in [0.717, 1.165) is 44.2 Å². The Labute approximate surface area is 101 Å². The lowest BCUT2D eigenvalue weighted by atomic mass is 10.2. The first kappa shape index (κ1) is 12.3. The van der Waals surface area contributed by atoms with Crippen molar-refractivity contribution in [2.75, 3.05) is 26.2 Å². The summed E-state index contributed by atoms with van der Waals surface area (Å²) in [6, 6.07) is 1.61. The average molecular weight is 236 g/mol. The number of nitrogens with zero attached hydrogens (tertiary/aromatic N) is 2. The maximum Gasteiger partial charge on any atom is 0.251 e. The van der Waals surface area contributed by atoms with Crippen LogP contribution in [-0.4, -0.2) is 41.0 Å². The molecule has 1 saturated heterocycles. The predicted molar refractivity (Wildman–Crippen MR) is 67.1 cm³/mol. The van der Waals surface area contributed by atoms with E-state index in [1.807, 2.05) is 13.8 Å². The molecule has 1 aromatic heterocycles. The SMILES string of the molecule is CC(C)c1nc(CN2CCNCC2)cc(=O)[nH]1. The third-order valence-electron chi connectivity index (χ3n) is 2.96. The summed E-state index contributed by atoms with van der Waals surface area (Å²) in [6.07, 6.45) is 0. The lowest BCUT2D eigenvalue weighted by Crippen LogP contribution is -2.43. The highest BCUT2D eigenvalue weighted by molar-refractivity contribution is 5.05. The number of aromatic nitrogens is 2. The number of piperazine rings is 1. The van der Waals surface area contributed by atoms with Crippen molar-refractivity contribution < 1.29 is 0 Å². The minimum Gasteiger partial charge on any atom is -0.314 e. The Morgan fingerprint density at radius 2 is 2.12 bits per heavy atom. The van der Waals surface area contributed by atoms with E-state index in [2.05, 4.69) is 20.2 Å². The summed E-state index contributed by atoms with van der Waals surface area (Å²) in [7, 11) is 0. The molecule has 0 radical (unpaired) electrons. The van der Waals surface area contributed by atoms with Crippen LogP contribution in [0, 0.1) is 0 Å². The second-order valence-electron chi connectivity index (χ2n) is 4.80. The van der Waals surface area contributed by atoms with Gasteiger partial charge in [-0.25, -0.2) is 4.98 Å². The van der Waals surface area contributed by atoms with Gasteiger partial charge in [0.15, 0.2) is 0 Å². The quantitative estimate of drug-likeness (QED) is 0.792. The van der Waals surface area contributed by atoms with Crippen LogP contribution in [0.3, 0.4) is 0 Å². The third-order valence-corrected chi connectivity index (χ3v) is 2.96. The molecule has 0 bridgehead atoms. The first-order chi connectivity index (χ1) is 8.15. The molecule has 1 fully saturated rings.